The van der Waals surface area contributed by atoms with Crippen molar-refractivity contribution in [1.29, 1.82) is 0 Å². The number of aromatic nitrogens is 2. The highest BCUT2D eigenvalue weighted by molar-refractivity contribution is 6.32. The zero-order valence-electron chi connectivity index (χ0n) is 13.1. The van der Waals surface area contributed by atoms with E-state index in [1.165, 1.54) is 32.1 Å². The zero-order valence-corrected chi connectivity index (χ0v) is 13.8. The molecule has 0 N–H and O–H groups in total. The van der Waals surface area contributed by atoms with Gasteiger partial charge in [0.25, 0.3) is 0 Å². The van der Waals surface area contributed by atoms with Crippen LogP contribution in [0.25, 0.3) is 0 Å². The van der Waals surface area contributed by atoms with Crippen molar-refractivity contribution in [2.75, 3.05) is 0 Å². The van der Waals surface area contributed by atoms with Crippen LogP contribution in [-0.2, 0) is 18.3 Å². The summed E-state index contributed by atoms with van der Waals surface area (Å²) >= 11 is 6.27. The third kappa shape index (κ3) is 3.03. The van der Waals surface area contributed by atoms with Crippen LogP contribution in [0.4, 0.5) is 0 Å². The van der Waals surface area contributed by atoms with Crippen LogP contribution in [0, 0.1) is 24.7 Å². The molecule has 21 heavy (non-hydrogen) atoms. The van der Waals surface area contributed by atoms with Crippen LogP contribution in [0.1, 0.15) is 56.3 Å². The van der Waals surface area contributed by atoms with Crippen molar-refractivity contribution in [3.05, 3.63) is 16.4 Å². The van der Waals surface area contributed by atoms with E-state index >= 15 is 0 Å². The number of nitrogens with zero attached hydrogens (tertiary/aromatic N) is 2. The number of fused-ring (bicyclic) bond motifs is 1. The molecule has 0 aromatic carbocycles. The molecule has 0 saturated heterocycles. The molecule has 2 fully saturated rings. The summed E-state index contributed by atoms with van der Waals surface area (Å²) in [6.45, 7) is 1.89. The van der Waals surface area contributed by atoms with Crippen LogP contribution < -0.4 is 0 Å². The summed E-state index contributed by atoms with van der Waals surface area (Å²) in [6, 6.07) is 0. The van der Waals surface area contributed by atoms with Gasteiger partial charge in [0.1, 0.15) is 5.78 Å². The summed E-state index contributed by atoms with van der Waals surface area (Å²) in [4.78, 5) is 12.7. The Kier molecular flexibility index (Phi) is 4.39. The summed E-state index contributed by atoms with van der Waals surface area (Å²) in [5, 5.41) is 4.97. The monoisotopic (exact) mass is 308 g/mol. The Balaban J connectivity index is 1.65. The van der Waals surface area contributed by atoms with E-state index in [-0.39, 0.29) is 5.92 Å². The molecule has 0 spiro atoms. The van der Waals surface area contributed by atoms with Crippen molar-refractivity contribution in [2.24, 2.45) is 24.8 Å². The van der Waals surface area contributed by atoms with Crippen molar-refractivity contribution in [3.63, 3.8) is 0 Å². The highest BCUT2D eigenvalue weighted by atomic mass is 35.5. The normalized spacial score (nSPS) is 29.2. The first-order chi connectivity index (χ1) is 10.1. The molecular weight excluding hydrogens is 284 g/mol. The van der Waals surface area contributed by atoms with Gasteiger partial charge < -0.3 is 0 Å². The number of hydrogen-bond donors (Lipinski definition) is 0. The Morgan fingerprint density at radius 2 is 1.95 bits per heavy atom. The fourth-order valence-electron chi connectivity index (χ4n) is 4.35. The van der Waals surface area contributed by atoms with Crippen LogP contribution in [0.3, 0.4) is 0 Å². The second kappa shape index (κ2) is 6.12. The Bertz CT molecular complexity index is 537. The molecule has 116 valence electrons. The fourth-order valence-corrected chi connectivity index (χ4v) is 4.57. The summed E-state index contributed by atoms with van der Waals surface area (Å²) in [5.74, 6) is 2.30. The average molecular weight is 309 g/mol. The van der Waals surface area contributed by atoms with Gasteiger partial charge in [-0.3, -0.25) is 9.48 Å². The number of ketones is 1. The molecule has 4 heteroatoms. The number of rotatable bonds is 3. The third-order valence-electron chi connectivity index (χ3n) is 5.60. The molecule has 0 aliphatic heterocycles. The molecule has 3 rings (SSSR count). The molecule has 0 bridgehead atoms. The summed E-state index contributed by atoms with van der Waals surface area (Å²) in [6.07, 6.45) is 9.35. The van der Waals surface area contributed by atoms with Crippen LogP contribution in [0.5, 0.6) is 0 Å². The summed E-state index contributed by atoms with van der Waals surface area (Å²) in [5.41, 5.74) is 1.70. The number of Topliss-reactive ketones (excluding diaryl/α,β-unsaturated/α-hetero) is 1. The van der Waals surface area contributed by atoms with Gasteiger partial charge in [-0.15, -0.1) is 0 Å². The van der Waals surface area contributed by atoms with Crippen molar-refractivity contribution < 1.29 is 4.79 Å². The lowest BCUT2D eigenvalue weighted by Crippen LogP contribution is -2.32. The zero-order chi connectivity index (χ0) is 15.0. The van der Waals surface area contributed by atoms with E-state index in [0.717, 1.165) is 36.1 Å². The second-order valence-electron chi connectivity index (χ2n) is 6.93. The smallest absolute Gasteiger partial charge is 0.141 e. The van der Waals surface area contributed by atoms with Gasteiger partial charge in [0.15, 0.2) is 0 Å². The molecule has 2 saturated carbocycles. The van der Waals surface area contributed by atoms with Gasteiger partial charge >= 0.3 is 0 Å². The first kappa shape index (κ1) is 15.1. The van der Waals surface area contributed by atoms with Gasteiger partial charge in [-0.25, -0.2) is 0 Å². The molecule has 3 nitrogen and oxygen atoms in total. The number of hydrogen-bond acceptors (Lipinski definition) is 2. The quantitative estimate of drug-likeness (QED) is 0.842. The van der Waals surface area contributed by atoms with Gasteiger partial charge in [0, 0.05) is 13.0 Å². The van der Waals surface area contributed by atoms with E-state index in [0.29, 0.717) is 17.2 Å². The van der Waals surface area contributed by atoms with Crippen molar-refractivity contribution in [3.8, 4) is 0 Å². The minimum Gasteiger partial charge on any atom is -0.299 e. The van der Waals surface area contributed by atoms with Crippen molar-refractivity contribution in [1.82, 2.24) is 9.78 Å². The molecule has 0 amide bonds. The maximum Gasteiger partial charge on any atom is 0.141 e. The average Bonchev–Trinajstić information content (AvgIpc) is 2.73. The highest BCUT2D eigenvalue weighted by Crippen LogP contribution is 2.43. The lowest BCUT2D eigenvalue weighted by Gasteiger charge is -2.38. The predicted octanol–water partition coefficient (Wildman–Crippen LogP) is 4.10. The number of halogens is 1. The Labute approximate surface area is 132 Å². The van der Waals surface area contributed by atoms with E-state index in [1.54, 1.807) is 4.68 Å². The Hall–Kier alpha value is -0.830. The van der Waals surface area contributed by atoms with E-state index in [1.807, 2.05) is 14.0 Å². The summed E-state index contributed by atoms with van der Waals surface area (Å²) < 4.78 is 1.77. The van der Waals surface area contributed by atoms with Crippen molar-refractivity contribution in [2.45, 2.75) is 58.3 Å². The van der Waals surface area contributed by atoms with Gasteiger partial charge in [0.05, 0.1) is 22.8 Å². The van der Waals surface area contributed by atoms with Crippen LogP contribution >= 0.6 is 11.6 Å². The molecule has 1 heterocycles. The Morgan fingerprint density at radius 3 is 2.62 bits per heavy atom. The minimum absolute atomic E-state index is 0.246. The van der Waals surface area contributed by atoms with E-state index in [2.05, 4.69) is 5.10 Å². The number of carbonyl (C=O) groups excluding carboxylic acids is 1. The molecule has 0 radical (unpaired) electrons. The number of carbonyl (C=O) groups is 1. The van der Waals surface area contributed by atoms with E-state index < -0.39 is 0 Å². The first-order valence-electron chi connectivity index (χ1n) is 8.27. The largest absolute Gasteiger partial charge is 0.299 e. The van der Waals surface area contributed by atoms with Gasteiger partial charge in [-0.1, -0.05) is 37.3 Å². The molecular formula is C17H25ClN2O. The van der Waals surface area contributed by atoms with E-state index in [9.17, 15) is 4.79 Å². The molecule has 2 aliphatic carbocycles. The molecule has 1 aromatic rings. The third-order valence-corrected chi connectivity index (χ3v) is 6.09. The molecule has 2 aliphatic rings. The standard InChI is InChI=1S/C17H25ClN2O/c1-11-17(18)15(20(2)19-11)10-16(21)14-8-7-12-5-3-4-6-13(12)9-14/h12-14H,3-10H2,1-2H3. The van der Waals surface area contributed by atoms with Crippen LogP contribution in [0.2, 0.25) is 5.02 Å². The molecule has 3 unspecified atom stereocenters. The second-order valence-corrected chi connectivity index (χ2v) is 7.31. The minimum atomic E-state index is 0.246. The number of aryl methyl sites for hydroxylation is 2. The van der Waals surface area contributed by atoms with Gasteiger partial charge in [0.2, 0.25) is 0 Å². The highest BCUT2D eigenvalue weighted by Gasteiger charge is 2.35. The maximum absolute atomic E-state index is 12.7. The van der Waals surface area contributed by atoms with Gasteiger partial charge in [-0.05, 0) is 38.0 Å². The fraction of sp³-hybridized carbons (Fsp3) is 0.765. The van der Waals surface area contributed by atoms with Crippen LogP contribution in [-0.4, -0.2) is 15.6 Å². The lowest BCUT2D eigenvalue weighted by molar-refractivity contribution is -0.124. The summed E-state index contributed by atoms with van der Waals surface area (Å²) in [7, 11) is 1.87. The predicted molar refractivity (Wildman–Crippen MR) is 84.5 cm³/mol. The van der Waals surface area contributed by atoms with Crippen molar-refractivity contribution >= 4 is 17.4 Å². The van der Waals surface area contributed by atoms with Gasteiger partial charge in [-0.2, -0.15) is 5.10 Å². The molecule has 1 aromatic heterocycles. The van der Waals surface area contributed by atoms with Crippen LogP contribution in [0.15, 0.2) is 0 Å². The van der Waals surface area contributed by atoms with E-state index in [4.69, 9.17) is 11.6 Å². The lowest BCUT2D eigenvalue weighted by atomic mass is 9.66. The first-order valence-corrected chi connectivity index (χ1v) is 8.64. The SMILES string of the molecule is Cc1nn(C)c(CC(=O)C2CCC3CCCCC3C2)c1Cl. The maximum atomic E-state index is 12.7. The topological polar surface area (TPSA) is 34.9 Å². The molecule has 3 atom stereocenters. The Morgan fingerprint density at radius 1 is 1.24 bits per heavy atom.